The van der Waals surface area contributed by atoms with Crippen molar-refractivity contribution in [3.8, 4) is 6.07 Å². The van der Waals surface area contributed by atoms with E-state index >= 15 is 0 Å². The van der Waals surface area contributed by atoms with Crippen LogP contribution in [-0.2, 0) is 0 Å². The van der Waals surface area contributed by atoms with Crippen molar-refractivity contribution in [2.75, 3.05) is 5.32 Å². The summed E-state index contributed by atoms with van der Waals surface area (Å²) in [6.07, 6.45) is 0. The average Bonchev–Trinajstić information content (AvgIpc) is 2.48. The molecule has 0 aromatic heterocycles. The van der Waals surface area contributed by atoms with Gasteiger partial charge in [-0.1, -0.05) is 12.1 Å². The maximum atomic E-state index is 12.0. The van der Waals surface area contributed by atoms with E-state index in [1.165, 1.54) is 24.3 Å². The van der Waals surface area contributed by atoms with Gasteiger partial charge in [0.05, 0.1) is 16.2 Å². The Morgan fingerprint density at radius 1 is 1.15 bits per heavy atom. The number of hydrogen-bond acceptors (Lipinski definition) is 4. The summed E-state index contributed by atoms with van der Waals surface area (Å²) in [7, 11) is 0. The Kier molecular flexibility index (Phi) is 3.72. The lowest BCUT2D eigenvalue weighted by atomic mass is 10.1. The maximum Gasteiger partial charge on any atom is 0.269 e. The lowest BCUT2D eigenvalue weighted by molar-refractivity contribution is -0.384. The van der Waals surface area contributed by atoms with Crippen LogP contribution in [0, 0.1) is 21.4 Å². The molecule has 2 aromatic carbocycles. The number of carbonyl (C=O) groups excluding carboxylic acids is 1. The predicted octanol–water partition coefficient (Wildman–Crippen LogP) is 2.72. The van der Waals surface area contributed by atoms with Gasteiger partial charge in [-0.3, -0.25) is 14.9 Å². The number of nitro benzene ring substituents is 1. The molecule has 0 bridgehead atoms. The molecule has 0 radical (unpaired) electrons. The molecule has 2 aromatic rings. The fraction of sp³-hybridized carbons (Fsp3) is 0. The molecule has 0 saturated heterocycles. The zero-order valence-corrected chi connectivity index (χ0v) is 10.2. The van der Waals surface area contributed by atoms with Crippen molar-refractivity contribution in [3.05, 3.63) is 69.8 Å². The summed E-state index contributed by atoms with van der Waals surface area (Å²) in [5.41, 5.74) is 0.948. The van der Waals surface area contributed by atoms with Crippen molar-refractivity contribution in [1.82, 2.24) is 0 Å². The molecule has 1 amide bonds. The topological polar surface area (TPSA) is 96.0 Å². The SMILES string of the molecule is N#Cc1ccccc1NC(=O)c1ccc([N+](=O)[O-])cc1. The summed E-state index contributed by atoms with van der Waals surface area (Å²) in [4.78, 5) is 22.0. The highest BCUT2D eigenvalue weighted by atomic mass is 16.6. The fourth-order valence-corrected chi connectivity index (χ4v) is 1.62. The molecular weight excluding hydrogens is 258 g/mol. The summed E-state index contributed by atoms with van der Waals surface area (Å²) in [6, 6.07) is 13.8. The molecule has 1 N–H and O–H groups in total. The quantitative estimate of drug-likeness (QED) is 0.683. The van der Waals surface area contributed by atoms with E-state index in [4.69, 9.17) is 5.26 Å². The first-order valence-corrected chi connectivity index (χ1v) is 5.67. The van der Waals surface area contributed by atoms with E-state index in [2.05, 4.69) is 5.32 Å². The molecule has 0 saturated carbocycles. The molecule has 0 unspecified atom stereocenters. The van der Waals surface area contributed by atoms with Crippen LogP contribution in [0.25, 0.3) is 0 Å². The molecule has 0 aliphatic carbocycles. The third kappa shape index (κ3) is 2.79. The largest absolute Gasteiger partial charge is 0.321 e. The van der Waals surface area contributed by atoms with Crippen molar-refractivity contribution < 1.29 is 9.72 Å². The predicted molar refractivity (Wildman–Crippen MR) is 72.2 cm³/mol. The maximum absolute atomic E-state index is 12.0. The molecule has 20 heavy (non-hydrogen) atoms. The molecule has 2 rings (SSSR count). The number of rotatable bonds is 3. The van der Waals surface area contributed by atoms with Crippen LogP contribution in [0.4, 0.5) is 11.4 Å². The number of para-hydroxylation sites is 1. The van der Waals surface area contributed by atoms with Crippen LogP contribution in [0.5, 0.6) is 0 Å². The van der Waals surface area contributed by atoms with Crippen LogP contribution in [0.15, 0.2) is 48.5 Å². The van der Waals surface area contributed by atoms with E-state index < -0.39 is 10.8 Å². The van der Waals surface area contributed by atoms with Gasteiger partial charge in [-0.25, -0.2) is 0 Å². The first-order chi connectivity index (χ1) is 9.61. The van der Waals surface area contributed by atoms with Crippen LogP contribution in [0.1, 0.15) is 15.9 Å². The number of benzene rings is 2. The van der Waals surface area contributed by atoms with Crippen LogP contribution in [0.3, 0.4) is 0 Å². The Bertz CT molecular complexity index is 702. The van der Waals surface area contributed by atoms with Crippen LogP contribution < -0.4 is 5.32 Å². The third-order valence-electron chi connectivity index (χ3n) is 2.64. The minimum absolute atomic E-state index is 0.0843. The summed E-state index contributed by atoms with van der Waals surface area (Å²) < 4.78 is 0. The first kappa shape index (κ1) is 13.2. The molecule has 6 nitrogen and oxygen atoms in total. The van der Waals surface area contributed by atoms with Gasteiger partial charge in [0.25, 0.3) is 11.6 Å². The first-order valence-electron chi connectivity index (χ1n) is 5.67. The minimum atomic E-state index is -0.535. The Balaban J connectivity index is 2.20. The standard InChI is InChI=1S/C14H9N3O3/c15-9-11-3-1-2-4-13(11)16-14(18)10-5-7-12(8-6-10)17(19)20/h1-8H,(H,16,18). The van der Waals surface area contributed by atoms with Crippen LogP contribution >= 0.6 is 0 Å². The molecule has 0 aliphatic rings. The van der Waals surface area contributed by atoms with Crippen molar-refractivity contribution in [1.29, 1.82) is 5.26 Å². The minimum Gasteiger partial charge on any atom is -0.321 e. The average molecular weight is 267 g/mol. The second-order valence-electron chi connectivity index (χ2n) is 3.92. The van der Waals surface area contributed by atoms with E-state index in [9.17, 15) is 14.9 Å². The van der Waals surface area contributed by atoms with Gasteiger partial charge in [0.2, 0.25) is 0 Å². The monoisotopic (exact) mass is 267 g/mol. The Hall–Kier alpha value is -3.20. The van der Waals surface area contributed by atoms with Crippen molar-refractivity contribution >= 4 is 17.3 Å². The number of non-ortho nitro benzene ring substituents is 1. The molecule has 0 aliphatic heterocycles. The highest BCUT2D eigenvalue weighted by Gasteiger charge is 2.11. The van der Waals surface area contributed by atoms with Gasteiger partial charge in [-0.15, -0.1) is 0 Å². The summed E-state index contributed by atoms with van der Waals surface area (Å²) in [5.74, 6) is -0.428. The lowest BCUT2D eigenvalue weighted by Gasteiger charge is -2.06. The number of nitrogens with zero attached hydrogens (tertiary/aromatic N) is 2. The highest BCUT2D eigenvalue weighted by molar-refractivity contribution is 6.05. The third-order valence-corrected chi connectivity index (χ3v) is 2.64. The van der Waals surface area contributed by atoms with Gasteiger partial charge >= 0.3 is 0 Å². The lowest BCUT2D eigenvalue weighted by Crippen LogP contribution is -2.12. The number of amides is 1. The highest BCUT2D eigenvalue weighted by Crippen LogP contribution is 2.16. The number of nitrogens with one attached hydrogen (secondary N) is 1. The summed E-state index contributed by atoms with van der Waals surface area (Å²) in [5, 5.41) is 22.0. The van der Waals surface area contributed by atoms with Crippen LogP contribution in [-0.4, -0.2) is 10.8 Å². The Morgan fingerprint density at radius 3 is 2.40 bits per heavy atom. The molecule has 0 fully saturated rings. The Labute approximate surface area is 114 Å². The van der Waals surface area contributed by atoms with Gasteiger partial charge in [0, 0.05) is 17.7 Å². The van der Waals surface area contributed by atoms with Crippen molar-refractivity contribution in [2.24, 2.45) is 0 Å². The smallest absolute Gasteiger partial charge is 0.269 e. The normalized spacial score (nSPS) is 9.55. The number of hydrogen-bond donors (Lipinski definition) is 1. The van der Waals surface area contributed by atoms with E-state index in [0.29, 0.717) is 11.3 Å². The van der Waals surface area contributed by atoms with Gasteiger partial charge in [0.1, 0.15) is 6.07 Å². The number of anilines is 1. The number of nitriles is 1. The van der Waals surface area contributed by atoms with Gasteiger partial charge in [0.15, 0.2) is 0 Å². The van der Waals surface area contributed by atoms with E-state index in [1.54, 1.807) is 24.3 Å². The van der Waals surface area contributed by atoms with E-state index in [1.807, 2.05) is 6.07 Å². The van der Waals surface area contributed by atoms with Crippen molar-refractivity contribution in [2.45, 2.75) is 0 Å². The fourth-order valence-electron chi connectivity index (χ4n) is 1.62. The second-order valence-corrected chi connectivity index (χ2v) is 3.92. The van der Waals surface area contributed by atoms with Gasteiger partial charge in [-0.05, 0) is 24.3 Å². The number of nitro groups is 1. The molecule has 0 spiro atoms. The zero-order valence-electron chi connectivity index (χ0n) is 10.2. The summed E-state index contributed by atoms with van der Waals surface area (Å²) >= 11 is 0. The Morgan fingerprint density at radius 2 is 1.80 bits per heavy atom. The molecule has 98 valence electrons. The van der Waals surface area contributed by atoms with E-state index in [0.717, 1.165) is 0 Å². The molecule has 0 atom stereocenters. The van der Waals surface area contributed by atoms with Crippen molar-refractivity contribution in [3.63, 3.8) is 0 Å². The van der Waals surface area contributed by atoms with Gasteiger partial charge < -0.3 is 5.32 Å². The van der Waals surface area contributed by atoms with Crippen LogP contribution in [0.2, 0.25) is 0 Å². The van der Waals surface area contributed by atoms with Gasteiger partial charge in [-0.2, -0.15) is 5.26 Å². The number of carbonyl (C=O) groups is 1. The second kappa shape index (κ2) is 5.63. The molecule has 0 heterocycles. The molecule has 6 heteroatoms. The summed E-state index contributed by atoms with van der Waals surface area (Å²) in [6.45, 7) is 0. The zero-order chi connectivity index (χ0) is 14.5. The molecular formula is C14H9N3O3. The van der Waals surface area contributed by atoms with E-state index in [-0.39, 0.29) is 11.3 Å².